The molecule has 1 amide bonds. The van der Waals surface area contributed by atoms with Crippen LogP contribution < -0.4 is 10.9 Å². The van der Waals surface area contributed by atoms with Crippen molar-refractivity contribution in [2.24, 2.45) is 5.92 Å². The van der Waals surface area contributed by atoms with Crippen LogP contribution in [0.4, 0.5) is 0 Å². The molecule has 0 spiro atoms. The van der Waals surface area contributed by atoms with Crippen LogP contribution in [0, 0.1) is 12.8 Å². The molecule has 3 rings (SSSR count). The first-order chi connectivity index (χ1) is 13.3. The number of aromatic amines is 1. The van der Waals surface area contributed by atoms with Gasteiger partial charge < -0.3 is 10.3 Å². The van der Waals surface area contributed by atoms with E-state index in [0.717, 1.165) is 15.7 Å². The average Bonchev–Trinajstić information content (AvgIpc) is 3.01. The summed E-state index contributed by atoms with van der Waals surface area (Å²) in [4.78, 5) is 32.9. The molecule has 0 aliphatic heterocycles. The Balaban J connectivity index is 1.73. The quantitative estimate of drug-likeness (QED) is 0.412. The van der Waals surface area contributed by atoms with Gasteiger partial charge in [0, 0.05) is 23.3 Å². The van der Waals surface area contributed by atoms with Gasteiger partial charge in [-0.25, -0.2) is 4.98 Å². The molecule has 1 aromatic carbocycles. The minimum Gasteiger partial charge on any atom is -0.353 e. The summed E-state index contributed by atoms with van der Waals surface area (Å²) in [5.41, 5.74) is 2.97. The van der Waals surface area contributed by atoms with Crippen LogP contribution in [0.5, 0.6) is 0 Å². The van der Waals surface area contributed by atoms with Crippen LogP contribution in [0.1, 0.15) is 25.1 Å². The maximum atomic E-state index is 12.9. The van der Waals surface area contributed by atoms with E-state index in [4.69, 9.17) is 0 Å². The monoisotopic (exact) mass is 462 g/mol. The third kappa shape index (κ3) is 5.05. The number of carbonyl (C=O) groups excluding carboxylic acids is 1. The van der Waals surface area contributed by atoms with Gasteiger partial charge in [-0.15, -0.1) is 0 Å². The van der Waals surface area contributed by atoms with E-state index in [1.54, 1.807) is 4.57 Å². The van der Waals surface area contributed by atoms with Gasteiger partial charge in [0.1, 0.15) is 5.52 Å². The summed E-state index contributed by atoms with van der Waals surface area (Å²) in [6.07, 6.45) is 0. The molecule has 0 saturated carbocycles. The molecule has 0 fully saturated rings. The first-order valence-electron chi connectivity index (χ1n) is 9.07. The number of aryl methyl sites for hydroxylation is 1. The third-order valence-corrected chi connectivity index (χ3v) is 5.57. The van der Waals surface area contributed by atoms with Crippen LogP contribution in [0.15, 0.2) is 44.8 Å². The third-order valence-electron chi connectivity index (χ3n) is 4.10. The van der Waals surface area contributed by atoms with Crippen molar-refractivity contribution >= 4 is 44.6 Å². The molecule has 0 aliphatic rings. The Labute approximate surface area is 176 Å². The number of aromatic nitrogens is 3. The number of H-pyrrole nitrogens is 1. The minimum absolute atomic E-state index is 0.0937. The Bertz CT molecular complexity index is 1060. The van der Waals surface area contributed by atoms with E-state index in [2.05, 4.69) is 45.1 Å². The van der Waals surface area contributed by atoms with Gasteiger partial charge in [0.05, 0.1) is 11.3 Å². The zero-order valence-electron chi connectivity index (χ0n) is 16.1. The smallest absolute Gasteiger partial charge is 0.278 e. The van der Waals surface area contributed by atoms with E-state index < -0.39 is 0 Å². The van der Waals surface area contributed by atoms with Crippen LogP contribution in [0.3, 0.4) is 0 Å². The number of hydrogen-bond acceptors (Lipinski definition) is 4. The Morgan fingerprint density at radius 1 is 1.36 bits per heavy atom. The number of thioether (sulfide) groups is 1. The van der Waals surface area contributed by atoms with Crippen molar-refractivity contribution in [1.29, 1.82) is 0 Å². The highest BCUT2D eigenvalue weighted by atomic mass is 79.9. The van der Waals surface area contributed by atoms with Crippen LogP contribution in [0.2, 0.25) is 0 Å². The predicted molar refractivity (Wildman–Crippen MR) is 117 cm³/mol. The normalized spacial score (nSPS) is 11.3. The van der Waals surface area contributed by atoms with E-state index in [0.29, 0.717) is 29.3 Å². The molecular formula is C20H23BrN4O2S. The molecule has 8 heteroatoms. The van der Waals surface area contributed by atoms with E-state index >= 15 is 0 Å². The number of fused-ring (bicyclic) bond motifs is 1. The van der Waals surface area contributed by atoms with Gasteiger partial charge in [0.2, 0.25) is 5.91 Å². The Morgan fingerprint density at radius 2 is 2.14 bits per heavy atom. The maximum Gasteiger partial charge on any atom is 0.278 e. The number of amides is 1. The molecule has 148 valence electrons. The number of benzene rings is 1. The van der Waals surface area contributed by atoms with Crippen molar-refractivity contribution in [3.8, 4) is 0 Å². The second-order valence-corrected chi connectivity index (χ2v) is 8.97. The average molecular weight is 463 g/mol. The van der Waals surface area contributed by atoms with Crippen molar-refractivity contribution in [2.45, 2.75) is 39.0 Å². The summed E-state index contributed by atoms with van der Waals surface area (Å²) < 4.78 is 2.64. The molecular weight excluding hydrogens is 440 g/mol. The van der Waals surface area contributed by atoms with Crippen molar-refractivity contribution in [1.82, 2.24) is 19.9 Å². The van der Waals surface area contributed by atoms with Crippen LogP contribution in [-0.2, 0) is 17.9 Å². The van der Waals surface area contributed by atoms with Crippen molar-refractivity contribution in [3.05, 3.63) is 56.4 Å². The molecule has 0 radical (unpaired) electrons. The zero-order chi connectivity index (χ0) is 20.3. The molecule has 0 aliphatic carbocycles. The highest BCUT2D eigenvalue weighted by Gasteiger charge is 2.15. The minimum atomic E-state index is -0.0966. The van der Waals surface area contributed by atoms with Gasteiger partial charge >= 0.3 is 0 Å². The summed E-state index contributed by atoms with van der Waals surface area (Å²) in [7, 11) is 0. The molecule has 3 aromatic rings. The van der Waals surface area contributed by atoms with E-state index in [-0.39, 0.29) is 23.1 Å². The van der Waals surface area contributed by atoms with E-state index in [9.17, 15) is 9.59 Å². The lowest BCUT2D eigenvalue weighted by molar-refractivity contribution is -0.118. The Kier molecular flexibility index (Phi) is 6.61. The second-order valence-electron chi connectivity index (χ2n) is 7.11. The predicted octanol–water partition coefficient (Wildman–Crippen LogP) is 3.86. The molecule has 0 unspecified atom stereocenters. The fourth-order valence-electron chi connectivity index (χ4n) is 2.88. The first kappa shape index (κ1) is 20.7. The van der Waals surface area contributed by atoms with Gasteiger partial charge in [0.15, 0.2) is 5.16 Å². The second kappa shape index (κ2) is 8.96. The van der Waals surface area contributed by atoms with Crippen molar-refractivity contribution in [3.63, 3.8) is 0 Å². The van der Waals surface area contributed by atoms with E-state index in [1.165, 1.54) is 11.8 Å². The molecule has 6 nitrogen and oxygen atoms in total. The molecule has 2 N–H and O–H groups in total. The Morgan fingerprint density at radius 3 is 2.86 bits per heavy atom. The van der Waals surface area contributed by atoms with Crippen molar-refractivity contribution < 1.29 is 4.79 Å². The molecule has 0 bridgehead atoms. The summed E-state index contributed by atoms with van der Waals surface area (Å²) in [6, 6.07) is 9.66. The number of hydrogen-bond donors (Lipinski definition) is 2. The fraction of sp³-hybridized carbons (Fsp3) is 0.350. The molecule has 0 saturated heterocycles. The summed E-state index contributed by atoms with van der Waals surface area (Å²) >= 11 is 4.72. The van der Waals surface area contributed by atoms with Gasteiger partial charge in [-0.3, -0.25) is 14.2 Å². The van der Waals surface area contributed by atoms with Gasteiger partial charge in [-0.05, 0) is 36.6 Å². The highest BCUT2D eigenvalue weighted by molar-refractivity contribution is 9.10. The SMILES string of the molecule is Cc1cc2nc(SCC(=O)NCc3cccc(Br)c3)n(CC(C)C)c(=O)c2[nH]1. The molecule has 2 heterocycles. The number of halogens is 1. The van der Waals surface area contributed by atoms with Gasteiger partial charge in [-0.2, -0.15) is 0 Å². The number of carbonyl (C=O) groups is 1. The van der Waals surface area contributed by atoms with Gasteiger partial charge in [-0.1, -0.05) is 53.7 Å². The van der Waals surface area contributed by atoms with Crippen LogP contribution in [0.25, 0.3) is 11.0 Å². The lowest BCUT2D eigenvalue weighted by atomic mass is 10.2. The highest BCUT2D eigenvalue weighted by Crippen LogP contribution is 2.19. The number of nitrogens with one attached hydrogen (secondary N) is 2. The summed E-state index contributed by atoms with van der Waals surface area (Å²) in [5.74, 6) is 0.395. The number of nitrogens with zero attached hydrogens (tertiary/aromatic N) is 2. The zero-order valence-corrected chi connectivity index (χ0v) is 18.5. The Hall–Kier alpha value is -2.06. The summed E-state index contributed by atoms with van der Waals surface area (Å²) in [5, 5.41) is 3.48. The maximum absolute atomic E-state index is 12.9. The topological polar surface area (TPSA) is 79.8 Å². The molecule has 28 heavy (non-hydrogen) atoms. The fourth-order valence-corrected chi connectivity index (χ4v) is 4.16. The lowest BCUT2D eigenvalue weighted by Gasteiger charge is -2.14. The van der Waals surface area contributed by atoms with Gasteiger partial charge in [0.25, 0.3) is 5.56 Å². The largest absolute Gasteiger partial charge is 0.353 e. The van der Waals surface area contributed by atoms with Crippen LogP contribution >= 0.6 is 27.7 Å². The molecule has 2 aromatic heterocycles. The van der Waals surface area contributed by atoms with Crippen molar-refractivity contribution in [2.75, 3.05) is 5.75 Å². The lowest BCUT2D eigenvalue weighted by Crippen LogP contribution is -2.27. The first-order valence-corrected chi connectivity index (χ1v) is 10.9. The molecule has 0 atom stereocenters. The number of rotatable bonds is 7. The van der Waals surface area contributed by atoms with Crippen LogP contribution in [-0.4, -0.2) is 26.2 Å². The standard InChI is InChI=1S/C20H23BrN4O2S/c1-12(2)10-25-19(27)18-16(7-13(3)23-18)24-20(25)28-11-17(26)22-9-14-5-4-6-15(21)8-14/h4-8,12,23H,9-11H2,1-3H3,(H,22,26). The summed E-state index contributed by atoms with van der Waals surface area (Å²) in [6.45, 7) is 7.02. The van der Waals surface area contributed by atoms with E-state index in [1.807, 2.05) is 37.3 Å².